The number of aliphatic hydroxyl groups is 1. The molecule has 7 aliphatic heterocycles. The average molecular weight is 1270 g/mol. The Morgan fingerprint density at radius 2 is 1.24 bits per heavy atom. The molecule has 7 heterocycles. The number of nitrogens with two attached hydrogens (primary N) is 1. The second kappa shape index (κ2) is 27.9. The van der Waals surface area contributed by atoms with Crippen LogP contribution in [0.1, 0.15) is 65.5 Å². The van der Waals surface area contributed by atoms with Crippen LogP contribution in [0.4, 0.5) is 9.59 Å². The first-order valence-electron chi connectivity index (χ1n) is 29.8. The van der Waals surface area contributed by atoms with Gasteiger partial charge in [0.25, 0.3) is 0 Å². The predicted octanol–water partition coefficient (Wildman–Crippen LogP) is 5.57. The molecule has 0 aliphatic carbocycles. The van der Waals surface area contributed by atoms with Gasteiger partial charge in [-0.15, -0.1) is 0 Å². The lowest BCUT2D eigenvalue weighted by atomic mass is 9.99. The molecule has 7 aliphatic rings. The van der Waals surface area contributed by atoms with E-state index in [1.54, 1.807) is 67.3 Å². The lowest BCUT2D eigenvalue weighted by Crippen LogP contribution is -2.51. The van der Waals surface area contributed by atoms with E-state index in [0.29, 0.717) is 61.5 Å². The molecule has 0 radical (unpaired) electrons. The molecular weight excluding hydrogens is 1190 g/mol. The van der Waals surface area contributed by atoms with E-state index < -0.39 is 74.5 Å². The standard InChI is InChI=1S/C31H40N2O10S.C30H41N3O10S/c1-19(2)15-32(44(36,37)22-9-10-25-26(14-22)41-18-40-25)16-27-24(13-20-5-7-21(34)8-6-20)33(31(3,4)43-27)30(35)42-28-17-39-29-23(28)11-12-38-29;1-19(2)15-33(44(36,37)22-7-8-26-27(14-22)42-18-41-26)16-25(34)24(13-20-3-5-21(6-4-20)38-12-10-31)32-30(35)43-28-17-40-29-23(28)9-11-39-29/h5-10,14,19,23-24,27-29,34H,11-13,15-18H2,1-4H3;3-8,14,19,23-25,28-29,34H,9-13,15-18,31H2,1-2H3,(H,32,35)/t23-,24-,27+,28-,29+;23-,24-,25+,28-,29+/m00/s1. The number of phenols is 1. The van der Waals surface area contributed by atoms with Gasteiger partial charge in [-0.2, -0.15) is 8.61 Å². The Hall–Kier alpha value is -6.24. The SMILES string of the molecule is CC(C)CN(C[C@@H](O)[C@H](Cc1ccc(OCCN)cc1)NC(=O)O[C@H]1CO[C@H]2OCC[C@H]21)S(=O)(=O)c1ccc2c(c1)OCO2.CC(C)CN(C[C@H]1OC(C)(C)N(C(=O)O[C@H]2CO[C@H]3OCC[C@H]32)[C@H]1Cc1ccc(O)cc1)S(=O)(=O)c1ccc2c(c1)OCO2. The number of nitrogens with zero attached hydrogens (tertiary/aromatic N) is 3. The number of nitrogens with one attached hydrogen (secondary N) is 1. The number of sulfonamides is 2. The third-order valence-electron chi connectivity index (χ3n) is 16.2. The number of hydrogen-bond acceptors (Lipinski definition) is 21. The molecule has 482 valence electrons. The predicted molar refractivity (Wildman–Crippen MR) is 314 cm³/mol. The van der Waals surface area contributed by atoms with E-state index >= 15 is 0 Å². The molecule has 0 saturated carbocycles. The van der Waals surface area contributed by atoms with Gasteiger partial charge in [-0.1, -0.05) is 52.0 Å². The number of aliphatic hydroxyl groups excluding tert-OH is 1. The van der Waals surface area contributed by atoms with E-state index in [4.69, 9.17) is 62.6 Å². The number of benzene rings is 4. The summed E-state index contributed by atoms with van der Waals surface area (Å²) in [5, 5.41) is 24.2. The van der Waals surface area contributed by atoms with Gasteiger partial charge in [0.1, 0.15) is 36.0 Å². The quantitative estimate of drug-likeness (QED) is 0.0705. The van der Waals surface area contributed by atoms with Crippen molar-refractivity contribution in [2.45, 2.75) is 132 Å². The summed E-state index contributed by atoms with van der Waals surface area (Å²) in [5.74, 6) is 2.29. The summed E-state index contributed by atoms with van der Waals surface area (Å²) in [6.07, 6.45) is -2.98. The topological polar surface area (TPSA) is 301 Å². The van der Waals surface area contributed by atoms with Crippen LogP contribution < -0.4 is 34.7 Å². The molecule has 0 spiro atoms. The lowest BCUT2D eigenvalue weighted by Gasteiger charge is -2.34. The van der Waals surface area contributed by atoms with Crippen molar-refractivity contribution < 1.29 is 93.5 Å². The fraction of sp³-hybridized carbons (Fsp3) is 0.574. The number of phenolic OH excluding ortho intramolecular Hbond substituents is 1. The van der Waals surface area contributed by atoms with E-state index in [0.717, 1.165) is 24.0 Å². The molecule has 10 atom stereocenters. The van der Waals surface area contributed by atoms with Crippen LogP contribution >= 0.6 is 0 Å². The third kappa shape index (κ3) is 15.1. The van der Waals surface area contributed by atoms with E-state index in [-0.39, 0.29) is 111 Å². The number of carbonyl (C=O) groups is 2. The molecule has 0 aromatic heterocycles. The van der Waals surface area contributed by atoms with Gasteiger partial charge in [-0.3, -0.25) is 4.90 Å². The highest BCUT2D eigenvalue weighted by atomic mass is 32.2. The highest BCUT2D eigenvalue weighted by Gasteiger charge is 2.54. The minimum atomic E-state index is -4.05. The fourth-order valence-electron chi connectivity index (χ4n) is 12.0. The van der Waals surface area contributed by atoms with Gasteiger partial charge in [-0.25, -0.2) is 26.4 Å². The molecular formula is C61H81N5O20S2. The summed E-state index contributed by atoms with van der Waals surface area (Å²) in [6, 6.07) is 21.4. The van der Waals surface area contributed by atoms with Crippen molar-refractivity contribution in [3.8, 4) is 34.5 Å². The van der Waals surface area contributed by atoms with Crippen LogP contribution in [-0.4, -0.2) is 187 Å². The van der Waals surface area contributed by atoms with Gasteiger partial charge in [0.05, 0.1) is 72.3 Å². The van der Waals surface area contributed by atoms with Crippen LogP contribution in [0.2, 0.25) is 0 Å². The zero-order valence-corrected chi connectivity index (χ0v) is 51.9. The highest BCUT2D eigenvalue weighted by Crippen LogP contribution is 2.41. The molecule has 88 heavy (non-hydrogen) atoms. The van der Waals surface area contributed by atoms with Gasteiger partial charge < -0.3 is 78.1 Å². The molecule has 27 heteroatoms. The zero-order valence-electron chi connectivity index (χ0n) is 50.3. The molecule has 11 rings (SSSR count). The van der Waals surface area contributed by atoms with Crippen LogP contribution in [0, 0.1) is 23.7 Å². The Morgan fingerprint density at radius 1 is 0.705 bits per heavy atom. The number of carbonyl (C=O) groups excluding carboxylic acids is 2. The number of hydrogen-bond donors (Lipinski definition) is 4. The Balaban J connectivity index is 0.000000194. The summed E-state index contributed by atoms with van der Waals surface area (Å²) < 4.78 is 126. The highest BCUT2D eigenvalue weighted by molar-refractivity contribution is 7.89. The van der Waals surface area contributed by atoms with E-state index in [1.807, 2.05) is 39.8 Å². The largest absolute Gasteiger partial charge is 0.508 e. The van der Waals surface area contributed by atoms with Crippen molar-refractivity contribution in [1.82, 2.24) is 18.8 Å². The summed E-state index contributed by atoms with van der Waals surface area (Å²) >= 11 is 0. The van der Waals surface area contributed by atoms with Crippen LogP contribution in [0.15, 0.2) is 94.7 Å². The molecule has 5 saturated heterocycles. The first-order chi connectivity index (χ1) is 42.1. The summed E-state index contributed by atoms with van der Waals surface area (Å²) in [7, 11) is -8.04. The normalized spacial score (nSPS) is 24.8. The van der Waals surface area contributed by atoms with Crippen molar-refractivity contribution >= 4 is 32.2 Å². The summed E-state index contributed by atoms with van der Waals surface area (Å²) in [4.78, 5) is 28.7. The Labute approximate surface area is 513 Å². The van der Waals surface area contributed by atoms with E-state index in [9.17, 15) is 36.6 Å². The second-order valence-electron chi connectivity index (χ2n) is 24.1. The third-order valence-corrected chi connectivity index (χ3v) is 19.9. The molecule has 2 amide bonds. The average Bonchev–Trinajstić information content (AvgIpc) is 2.74. The Morgan fingerprint density at radius 3 is 1.81 bits per heavy atom. The van der Waals surface area contributed by atoms with Gasteiger partial charge in [0, 0.05) is 44.9 Å². The monoisotopic (exact) mass is 1270 g/mol. The van der Waals surface area contributed by atoms with Crippen LogP contribution in [0.25, 0.3) is 0 Å². The van der Waals surface area contributed by atoms with E-state index in [2.05, 4.69) is 5.32 Å². The summed E-state index contributed by atoms with van der Waals surface area (Å²) in [6.45, 7) is 13.7. The van der Waals surface area contributed by atoms with Crippen molar-refractivity contribution in [2.24, 2.45) is 29.4 Å². The number of alkyl carbamates (subject to hydrolysis) is 1. The fourth-order valence-corrected chi connectivity index (χ4v) is 15.3. The molecule has 25 nitrogen and oxygen atoms in total. The number of amides is 2. The molecule has 4 aromatic carbocycles. The van der Waals surface area contributed by atoms with Crippen LogP contribution in [-0.2, 0) is 66.0 Å². The lowest BCUT2D eigenvalue weighted by molar-refractivity contribution is -0.0912. The number of aromatic hydroxyl groups is 1. The zero-order chi connectivity index (χ0) is 62.5. The van der Waals surface area contributed by atoms with Crippen molar-refractivity contribution in [2.75, 3.05) is 79.3 Å². The van der Waals surface area contributed by atoms with Gasteiger partial charge in [-0.05, 0) is 111 Å². The molecule has 4 aromatic rings. The van der Waals surface area contributed by atoms with Gasteiger partial charge in [0.15, 0.2) is 35.6 Å². The number of ether oxygens (including phenoxy) is 12. The van der Waals surface area contributed by atoms with Gasteiger partial charge in [0.2, 0.25) is 33.6 Å². The summed E-state index contributed by atoms with van der Waals surface area (Å²) in [5.41, 5.74) is 6.05. The maximum atomic E-state index is 14.1. The van der Waals surface area contributed by atoms with Crippen molar-refractivity contribution in [1.29, 1.82) is 0 Å². The first kappa shape index (κ1) is 64.7. The van der Waals surface area contributed by atoms with Crippen LogP contribution in [0.5, 0.6) is 34.5 Å². The first-order valence-corrected chi connectivity index (χ1v) is 32.7. The van der Waals surface area contributed by atoms with E-state index in [1.165, 1.54) is 32.9 Å². The minimum Gasteiger partial charge on any atom is -0.508 e. The minimum absolute atomic E-state index is 0.00397. The van der Waals surface area contributed by atoms with Crippen molar-refractivity contribution in [3.05, 3.63) is 96.1 Å². The molecule has 0 unspecified atom stereocenters. The number of rotatable bonds is 23. The van der Waals surface area contributed by atoms with Gasteiger partial charge >= 0.3 is 12.2 Å². The molecule has 5 N–H and O–H groups in total. The molecule has 5 fully saturated rings. The maximum absolute atomic E-state index is 14.1. The maximum Gasteiger partial charge on any atom is 0.412 e. The Kier molecular flexibility index (Phi) is 20.5. The van der Waals surface area contributed by atoms with Crippen molar-refractivity contribution in [3.63, 3.8) is 0 Å². The Bertz CT molecular complexity index is 3270. The smallest absolute Gasteiger partial charge is 0.412 e. The second-order valence-corrected chi connectivity index (χ2v) is 28.0. The molecule has 0 bridgehead atoms. The number of fused-ring (bicyclic) bond motifs is 4. The van der Waals surface area contributed by atoms with Crippen LogP contribution in [0.3, 0.4) is 0 Å².